The van der Waals surface area contributed by atoms with Gasteiger partial charge in [-0.1, -0.05) is 42.5 Å². The average molecular weight is 393 g/mol. The highest BCUT2D eigenvalue weighted by Crippen LogP contribution is 2.22. The summed E-state index contributed by atoms with van der Waals surface area (Å²) in [6.45, 7) is 8.53. The number of nitrogens with one attached hydrogen (secondary N) is 2. The second kappa shape index (κ2) is 8.37. The third kappa shape index (κ3) is 4.34. The Balaban J connectivity index is 1.43. The molecule has 2 atom stereocenters. The summed E-state index contributed by atoms with van der Waals surface area (Å²) in [5.74, 6) is -0.528. The predicted octanol–water partition coefficient (Wildman–Crippen LogP) is 3.38. The average Bonchev–Trinajstić information content (AvgIpc) is 3.14. The van der Waals surface area contributed by atoms with E-state index >= 15 is 0 Å². The van der Waals surface area contributed by atoms with Gasteiger partial charge >= 0.3 is 0 Å². The van der Waals surface area contributed by atoms with E-state index in [9.17, 15) is 4.79 Å². The number of piperazine rings is 1. The van der Waals surface area contributed by atoms with Crippen LogP contribution in [0.1, 0.15) is 35.5 Å². The normalized spacial score (nSPS) is 20.8. The van der Waals surface area contributed by atoms with Crippen molar-refractivity contribution >= 4 is 16.8 Å². The molecular weight excluding hydrogens is 364 g/mol. The Morgan fingerprint density at radius 2 is 1.76 bits per heavy atom. The number of carbonyl (C=O) groups is 1. The van der Waals surface area contributed by atoms with Crippen LogP contribution in [0.4, 0.5) is 0 Å². The standard InChI is InChI=1S/C23H28N4O2/c1-16-12-26(13-17(2)27(16)15-18-6-4-3-5-7-18)14-19-8-9-20-11-22(23(28)25-29)24-21(20)10-19/h3-11,16-17,24,29H,12-15H2,1-2H3,(H,25,28). The SMILES string of the molecule is CC1CN(Cc2ccc3cc(C(=O)NO)[nH]c3c2)CC(C)N1Cc1ccccc1. The van der Waals surface area contributed by atoms with Crippen LogP contribution in [-0.2, 0) is 13.1 Å². The molecule has 152 valence electrons. The number of rotatable bonds is 5. The van der Waals surface area contributed by atoms with Crippen molar-refractivity contribution in [1.29, 1.82) is 0 Å². The Bertz CT molecular complexity index is 973. The van der Waals surface area contributed by atoms with E-state index in [1.54, 1.807) is 11.5 Å². The van der Waals surface area contributed by atoms with Gasteiger partial charge in [0.25, 0.3) is 5.91 Å². The van der Waals surface area contributed by atoms with Crippen molar-refractivity contribution in [1.82, 2.24) is 20.3 Å². The molecule has 2 aromatic carbocycles. The lowest BCUT2D eigenvalue weighted by molar-refractivity contribution is 0.0290. The molecule has 1 fully saturated rings. The molecule has 4 rings (SSSR count). The van der Waals surface area contributed by atoms with Gasteiger partial charge in [0.1, 0.15) is 5.69 Å². The molecule has 6 nitrogen and oxygen atoms in total. The molecule has 0 spiro atoms. The van der Waals surface area contributed by atoms with Gasteiger partial charge < -0.3 is 4.98 Å². The number of nitrogens with zero attached hydrogens (tertiary/aromatic N) is 2. The summed E-state index contributed by atoms with van der Waals surface area (Å²) in [6.07, 6.45) is 0. The van der Waals surface area contributed by atoms with Crippen LogP contribution in [0.3, 0.4) is 0 Å². The van der Waals surface area contributed by atoms with Crippen LogP contribution in [0.25, 0.3) is 10.9 Å². The highest BCUT2D eigenvalue weighted by Gasteiger charge is 2.29. The molecule has 1 aromatic heterocycles. The molecule has 0 radical (unpaired) electrons. The summed E-state index contributed by atoms with van der Waals surface area (Å²) >= 11 is 0. The molecule has 2 heterocycles. The van der Waals surface area contributed by atoms with Crippen molar-refractivity contribution in [3.8, 4) is 0 Å². The topological polar surface area (TPSA) is 71.6 Å². The quantitative estimate of drug-likeness (QED) is 0.460. The van der Waals surface area contributed by atoms with Crippen LogP contribution in [0, 0.1) is 0 Å². The summed E-state index contributed by atoms with van der Waals surface area (Å²) in [4.78, 5) is 19.8. The second-order valence-corrected chi connectivity index (χ2v) is 8.10. The van der Waals surface area contributed by atoms with Crippen LogP contribution in [0.2, 0.25) is 0 Å². The van der Waals surface area contributed by atoms with Gasteiger partial charge in [-0.2, -0.15) is 0 Å². The zero-order chi connectivity index (χ0) is 20.4. The van der Waals surface area contributed by atoms with Crippen molar-refractivity contribution in [2.75, 3.05) is 13.1 Å². The highest BCUT2D eigenvalue weighted by atomic mass is 16.5. The minimum atomic E-state index is -0.528. The van der Waals surface area contributed by atoms with Gasteiger partial charge in [-0.15, -0.1) is 0 Å². The molecular formula is C23H28N4O2. The van der Waals surface area contributed by atoms with Crippen LogP contribution >= 0.6 is 0 Å². The first kappa shape index (κ1) is 19.6. The lowest BCUT2D eigenvalue weighted by Crippen LogP contribution is -2.55. The first-order valence-corrected chi connectivity index (χ1v) is 10.1. The molecule has 3 N–H and O–H groups in total. The van der Waals surface area contributed by atoms with Crippen LogP contribution in [-0.4, -0.2) is 51.1 Å². The summed E-state index contributed by atoms with van der Waals surface area (Å²) in [5, 5.41) is 9.78. The van der Waals surface area contributed by atoms with Crippen molar-refractivity contribution in [3.63, 3.8) is 0 Å². The van der Waals surface area contributed by atoms with E-state index in [1.807, 2.05) is 6.07 Å². The summed E-state index contributed by atoms with van der Waals surface area (Å²) in [6, 6.07) is 19.6. The Labute approximate surface area is 171 Å². The minimum absolute atomic E-state index is 0.358. The molecule has 29 heavy (non-hydrogen) atoms. The highest BCUT2D eigenvalue weighted by molar-refractivity contribution is 5.97. The van der Waals surface area contributed by atoms with E-state index in [0.717, 1.165) is 37.1 Å². The largest absolute Gasteiger partial charge is 0.350 e. The number of hydrogen-bond donors (Lipinski definition) is 3. The molecule has 1 aliphatic rings. The summed E-state index contributed by atoms with van der Waals surface area (Å²) in [7, 11) is 0. The smallest absolute Gasteiger partial charge is 0.291 e. The number of hydroxylamine groups is 1. The number of benzene rings is 2. The molecule has 1 aliphatic heterocycles. The first-order chi connectivity index (χ1) is 14.0. The fourth-order valence-electron chi connectivity index (χ4n) is 4.41. The Hall–Kier alpha value is -2.67. The molecule has 1 amide bonds. The Kier molecular flexibility index (Phi) is 5.67. The number of amides is 1. The minimum Gasteiger partial charge on any atom is -0.350 e. The van der Waals surface area contributed by atoms with Gasteiger partial charge in [0.15, 0.2) is 0 Å². The zero-order valence-corrected chi connectivity index (χ0v) is 16.9. The number of aromatic nitrogens is 1. The number of aromatic amines is 1. The van der Waals surface area contributed by atoms with Crippen molar-refractivity contribution in [2.24, 2.45) is 0 Å². The van der Waals surface area contributed by atoms with E-state index in [1.165, 1.54) is 11.1 Å². The first-order valence-electron chi connectivity index (χ1n) is 10.1. The maximum absolute atomic E-state index is 11.6. The fourth-order valence-corrected chi connectivity index (χ4v) is 4.41. The molecule has 0 aliphatic carbocycles. The number of H-pyrrole nitrogens is 1. The molecule has 1 saturated heterocycles. The van der Waals surface area contributed by atoms with Crippen molar-refractivity contribution in [3.05, 3.63) is 71.4 Å². The number of fused-ring (bicyclic) bond motifs is 1. The predicted molar refractivity (Wildman–Crippen MR) is 114 cm³/mol. The van der Waals surface area contributed by atoms with E-state index < -0.39 is 5.91 Å². The molecule has 0 bridgehead atoms. The van der Waals surface area contributed by atoms with Gasteiger partial charge in [0.05, 0.1) is 0 Å². The maximum Gasteiger partial charge on any atom is 0.291 e. The van der Waals surface area contributed by atoms with Gasteiger partial charge in [-0.3, -0.25) is 19.8 Å². The Morgan fingerprint density at radius 3 is 2.45 bits per heavy atom. The van der Waals surface area contributed by atoms with Crippen molar-refractivity contribution < 1.29 is 10.0 Å². The maximum atomic E-state index is 11.6. The monoisotopic (exact) mass is 392 g/mol. The fraction of sp³-hybridized carbons (Fsp3) is 0.348. The molecule has 2 unspecified atom stereocenters. The van der Waals surface area contributed by atoms with Gasteiger partial charge in [-0.25, -0.2) is 5.48 Å². The van der Waals surface area contributed by atoms with E-state index in [-0.39, 0.29) is 0 Å². The molecule has 3 aromatic rings. The number of carbonyl (C=O) groups excluding carboxylic acids is 1. The van der Waals surface area contributed by atoms with Gasteiger partial charge in [-0.05, 0) is 37.1 Å². The van der Waals surface area contributed by atoms with E-state index in [2.05, 4.69) is 71.1 Å². The molecule has 6 heteroatoms. The zero-order valence-electron chi connectivity index (χ0n) is 16.9. The third-order valence-electron chi connectivity index (χ3n) is 5.82. The molecule has 0 saturated carbocycles. The summed E-state index contributed by atoms with van der Waals surface area (Å²) < 4.78 is 0. The second-order valence-electron chi connectivity index (χ2n) is 8.10. The lowest BCUT2D eigenvalue weighted by Gasteiger charge is -2.44. The van der Waals surface area contributed by atoms with Crippen LogP contribution in [0.5, 0.6) is 0 Å². The van der Waals surface area contributed by atoms with Gasteiger partial charge in [0.2, 0.25) is 0 Å². The number of hydrogen-bond acceptors (Lipinski definition) is 4. The van der Waals surface area contributed by atoms with Crippen molar-refractivity contribution in [2.45, 2.75) is 39.0 Å². The third-order valence-corrected chi connectivity index (χ3v) is 5.82. The van der Waals surface area contributed by atoms with Gasteiger partial charge in [0, 0.05) is 49.2 Å². The Morgan fingerprint density at radius 1 is 1.03 bits per heavy atom. The lowest BCUT2D eigenvalue weighted by atomic mass is 10.0. The summed E-state index contributed by atoms with van der Waals surface area (Å²) in [5.41, 5.74) is 5.51. The van der Waals surface area contributed by atoms with Crippen LogP contribution < -0.4 is 5.48 Å². The van der Waals surface area contributed by atoms with Crippen LogP contribution in [0.15, 0.2) is 54.6 Å². The van der Waals surface area contributed by atoms with E-state index in [0.29, 0.717) is 17.8 Å². The van der Waals surface area contributed by atoms with E-state index in [4.69, 9.17) is 5.21 Å².